The molecule has 0 unspecified atom stereocenters. The van der Waals surface area contributed by atoms with Crippen molar-refractivity contribution in [1.82, 2.24) is 0 Å². The molecule has 0 rings (SSSR count). The van der Waals surface area contributed by atoms with E-state index < -0.39 is 5.97 Å². The summed E-state index contributed by atoms with van der Waals surface area (Å²) in [6, 6.07) is 0. The summed E-state index contributed by atoms with van der Waals surface area (Å²) in [5.74, 6) is -0.981. The second-order valence-corrected chi connectivity index (χ2v) is 0.542. The monoisotopic (exact) mass is 94.1 g/mol. The van der Waals surface area contributed by atoms with Gasteiger partial charge in [0, 0.05) is 6.08 Å². The summed E-state index contributed by atoms with van der Waals surface area (Å²) in [7, 11) is 0. The van der Waals surface area contributed by atoms with Crippen molar-refractivity contribution < 1.29 is 9.90 Å². The summed E-state index contributed by atoms with van der Waals surface area (Å²) >= 11 is 2.00. The molecule has 0 spiro atoms. The molecule has 0 saturated carbocycles. The van der Waals surface area contributed by atoms with Crippen molar-refractivity contribution >= 4 is 23.7 Å². The van der Waals surface area contributed by atoms with Crippen molar-refractivity contribution in [3.05, 3.63) is 12.7 Å². The second kappa shape index (κ2) is 9.26. The average Bonchev–Trinajstić information content (AvgIpc) is 1.73. The van der Waals surface area contributed by atoms with Gasteiger partial charge in [0.25, 0.3) is 0 Å². The molecule has 0 heterocycles. The van der Waals surface area contributed by atoms with Crippen LogP contribution < -0.4 is 0 Å². The van der Waals surface area contributed by atoms with Gasteiger partial charge in [-0.15, -0.1) is 0 Å². The van der Waals surface area contributed by atoms with Gasteiger partial charge in [0.1, 0.15) is 0 Å². The first-order valence-corrected chi connectivity index (χ1v) is 2.12. The fraction of sp³-hybridized carbons (Fsp3) is 0.250. The van der Waals surface area contributed by atoms with Gasteiger partial charge in [-0.05, 0) is 0 Å². The van der Waals surface area contributed by atoms with E-state index in [1.165, 1.54) is 0 Å². The molecule has 7 heavy (non-hydrogen) atoms. The van der Waals surface area contributed by atoms with E-state index in [0.29, 0.717) is 0 Å². The molecule has 36 valence electrons. The van der Waals surface area contributed by atoms with Gasteiger partial charge in [-0.2, -0.15) is 0 Å². The van der Waals surface area contributed by atoms with Gasteiger partial charge in [-0.25, -0.2) is 4.79 Å². The van der Waals surface area contributed by atoms with Crippen molar-refractivity contribution in [3.8, 4) is 0 Å². The summed E-state index contributed by atoms with van der Waals surface area (Å²) < 4.78 is 0. The Morgan fingerprint density at radius 3 is 2.00 bits per heavy atom. The van der Waals surface area contributed by atoms with Crippen molar-refractivity contribution in [3.63, 3.8) is 0 Å². The van der Waals surface area contributed by atoms with E-state index in [1.54, 1.807) is 0 Å². The second-order valence-electron chi connectivity index (χ2n) is 0.542. The first kappa shape index (κ1) is 9.93. The third-order valence-electron chi connectivity index (χ3n) is 0.175. The Bertz CT molecular complexity index is 60.7. The van der Waals surface area contributed by atoms with E-state index in [-0.39, 0.29) is 0 Å². The molecule has 0 atom stereocenters. The molecule has 0 aliphatic carbocycles. The Hall–Kier alpha value is -0.193. The molecule has 2 nitrogen and oxygen atoms in total. The van der Waals surface area contributed by atoms with E-state index in [1.807, 2.05) is 23.3 Å². The summed E-state index contributed by atoms with van der Waals surface area (Å²) in [5.41, 5.74) is 2.00. The van der Waals surface area contributed by atoms with Crippen molar-refractivity contribution in [2.24, 2.45) is 0 Å². The van der Waals surface area contributed by atoms with E-state index >= 15 is 0 Å². The number of carbonyl (C=O) groups is 1. The maximum atomic E-state index is 9.25. The average molecular weight is 94.0 g/mol. The van der Waals surface area contributed by atoms with E-state index in [2.05, 4.69) is 6.58 Å². The topological polar surface area (TPSA) is 37.3 Å². The first-order valence-electron chi connectivity index (χ1n) is 2.12. The van der Waals surface area contributed by atoms with E-state index in [9.17, 15) is 4.79 Å². The first-order chi connectivity index (χ1) is 3.27. The summed E-state index contributed by atoms with van der Waals surface area (Å²) in [5, 5.41) is 7.60. The van der Waals surface area contributed by atoms with Crippen molar-refractivity contribution in [2.45, 2.75) is 5.60 Å². The van der Waals surface area contributed by atoms with Crippen LogP contribution in [-0.2, 0) is 4.79 Å². The van der Waals surface area contributed by atoms with Crippen molar-refractivity contribution in [1.29, 1.82) is 0 Å². The molecule has 0 radical (unpaired) electrons. The third-order valence-corrected chi connectivity index (χ3v) is 0.175. The molecule has 0 aliphatic rings. The van der Waals surface area contributed by atoms with Crippen LogP contribution >= 0.6 is 0 Å². The van der Waals surface area contributed by atoms with Gasteiger partial charge in [0.2, 0.25) is 0 Å². The number of hydrogen-bond donors (Lipinski definition) is 1. The zero-order valence-corrected chi connectivity index (χ0v) is 4.64. The van der Waals surface area contributed by atoms with E-state index in [4.69, 9.17) is 5.11 Å². The number of hydrogen-bond acceptors (Lipinski definition) is 1. The van der Waals surface area contributed by atoms with Crippen LogP contribution in [0.3, 0.4) is 0 Å². The summed E-state index contributed by atoms with van der Waals surface area (Å²) in [6.07, 6.45) is 0.833. The van der Waals surface area contributed by atoms with Crippen LogP contribution in [0.2, 0.25) is 5.60 Å². The molecule has 0 bridgehead atoms. The third kappa shape index (κ3) is 25.8. The molecule has 0 aromatic heterocycles. The zero-order chi connectivity index (χ0) is 6.28. The van der Waals surface area contributed by atoms with Crippen molar-refractivity contribution in [2.75, 3.05) is 0 Å². The summed E-state index contributed by atoms with van der Waals surface area (Å²) in [6.45, 7) is 2.96. The van der Waals surface area contributed by atoms with Crippen LogP contribution in [0.5, 0.6) is 0 Å². The Kier molecular flexibility index (Phi) is 13.1. The number of carboxylic acids is 1. The van der Waals surface area contributed by atoms with Crippen LogP contribution in [0.4, 0.5) is 0 Å². The molecular weight excluding hydrogens is 87.0 g/mol. The number of carboxylic acid groups (broad SMARTS) is 1. The van der Waals surface area contributed by atoms with Gasteiger partial charge in [-0.3, -0.25) is 0 Å². The van der Waals surface area contributed by atoms with Crippen LogP contribution in [0.25, 0.3) is 0 Å². The number of aliphatic carboxylic acids is 1. The molecule has 3 heteroatoms. The zero-order valence-electron chi connectivity index (χ0n) is 4.64. The predicted octanol–water partition coefficient (Wildman–Crippen LogP) is 0.460. The predicted molar refractivity (Wildman–Crippen MR) is 29.5 cm³/mol. The molecule has 0 amide bonds. The molecule has 1 N–H and O–H groups in total. The Morgan fingerprint density at radius 1 is 1.86 bits per heavy atom. The fourth-order valence-electron chi connectivity index (χ4n) is 0. The van der Waals surface area contributed by atoms with Crippen LogP contribution in [0.1, 0.15) is 0 Å². The fourth-order valence-corrected chi connectivity index (χ4v) is 0. The minimum absolute atomic E-state index is 0.833. The molecule has 0 fully saturated rings. The van der Waals surface area contributed by atoms with Gasteiger partial charge in [0.05, 0.1) is 0 Å². The minimum atomic E-state index is -0.981. The van der Waals surface area contributed by atoms with Crippen LogP contribution in [0.15, 0.2) is 12.7 Å². The van der Waals surface area contributed by atoms with E-state index in [0.717, 1.165) is 6.08 Å². The quantitative estimate of drug-likeness (QED) is 0.378. The van der Waals surface area contributed by atoms with Gasteiger partial charge < -0.3 is 5.11 Å². The standard InChI is InChI=1S/C3H4O2.CH3.Li/c1-2-3(4)5;;/h2H,1H2,(H,4,5);1H3;. The van der Waals surface area contributed by atoms with Crippen LogP contribution in [-0.4, -0.2) is 28.8 Å². The molecular formula is C4H7LiO2. The molecule has 0 aromatic rings. The molecule has 0 saturated heterocycles. The Morgan fingerprint density at radius 2 is 2.00 bits per heavy atom. The SMILES string of the molecule is C=CC(=O)O.[Li][CH3]. The van der Waals surface area contributed by atoms with Gasteiger partial charge in [0.15, 0.2) is 0 Å². The van der Waals surface area contributed by atoms with Crippen LogP contribution in [0, 0.1) is 0 Å². The normalized spacial score (nSPS) is 5.57. The number of rotatable bonds is 1. The van der Waals surface area contributed by atoms with Gasteiger partial charge in [-0.1, -0.05) is 6.58 Å². The Balaban J connectivity index is 0. The molecule has 0 aliphatic heterocycles. The summed E-state index contributed by atoms with van der Waals surface area (Å²) in [4.78, 5) is 9.25. The Labute approximate surface area is 52.4 Å². The van der Waals surface area contributed by atoms with Gasteiger partial charge >= 0.3 is 29.3 Å². The maximum absolute atomic E-state index is 9.25. The molecule has 0 aromatic carbocycles.